The number of carbonyl (C=O) groups is 2. The molecule has 1 atom stereocenters. The molecule has 32 heavy (non-hydrogen) atoms. The molecule has 0 spiro atoms. The summed E-state index contributed by atoms with van der Waals surface area (Å²) in [7, 11) is 0. The number of aromatic amines is 1. The van der Waals surface area contributed by atoms with Crippen molar-refractivity contribution in [3.63, 3.8) is 0 Å². The summed E-state index contributed by atoms with van der Waals surface area (Å²) in [5, 5.41) is 6.59. The Bertz CT molecular complexity index is 1070. The average molecular weight is 435 g/mol. The van der Waals surface area contributed by atoms with Crippen LogP contribution in [0.4, 0.5) is 4.39 Å². The van der Waals surface area contributed by atoms with E-state index in [2.05, 4.69) is 10.2 Å². The van der Waals surface area contributed by atoms with E-state index in [4.69, 9.17) is 0 Å². The van der Waals surface area contributed by atoms with Gasteiger partial charge in [-0.15, -0.1) is 0 Å². The van der Waals surface area contributed by atoms with Gasteiger partial charge in [0.15, 0.2) is 0 Å². The summed E-state index contributed by atoms with van der Waals surface area (Å²) in [5.74, 6) is -0.670. The molecule has 4 rings (SSSR count). The SMILES string of the molecule is CCCN1CCN(C(=O)c2ccn[nH]2)CC(Cc2ccc(-c3ccccc3F)cc2)C1=O. The number of halogens is 1. The van der Waals surface area contributed by atoms with Crippen LogP contribution in [0.1, 0.15) is 29.4 Å². The molecule has 6 nitrogen and oxygen atoms in total. The molecule has 1 fully saturated rings. The topological polar surface area (TPSA) is 69.3 Å². The van der Waals surface area contributed by atoms with Gasteiger partial charge in [0, 0.05) is 37.9 Å². The first-order valence-corrected chi connectivity index (χ1v) is 11.0. The number of nitrogens with zero attached hydrogens (tertiary/aromatic N) is 3. The van der Waals surface area contributed by atoms with Gasteiger partial charge in [0.1, 0.15) is 11.5 Å². The molecule has 0 saturated carbocycles. The minimum absolute atomic E-state index is 0.0740. The van der Waals surface area contributed by atoms with Crippen molar-refractivity contribution in [2.45, 2.75) is 19.8 Å². The molecule has 2 aromatic carbocycles. The zero-order valence-corrected chi connectivity index (χ0v) is 18.1. The highest BCUT2D eigenvalue weighted by atomic mass is 19.1. The standard InChI is InChI=1S/C25H27FN4O2/c1-2-13-29-14-15-30(25(32)23-11-12-27-28-23)17-20(24(29)31)16-18-7-9-19(10-8-18)21-5-3-4-6-22(21)26/h3-12,20H,2,13-17H2,1H3,(H,27,28). The second kappa shape index (κ2) is 9.77. The molecule has 2 amide bonds. The Morgan fingerprint density at radius 1 is 1.12 bits per heavy atom. The normalized spacial score (nSPS) is 16.8. The first kappa shape index (κ1) is 21.7. The van der Waals surface area contributed by atoms with Gasteiger partial charge in [-0.1, -0.05) is 49.4 Å². The molecule has 0 aliphatic carbocycles. The predicted molar refractivity (Wildman–Crippen MR) is 120 cm³/mol. The van der Waals surface area contributed by atoms with Crippen molar-refractivity contribution in [3.05, 3.63) is 77.9 Å². The number of H-pyrrole nitrogens is 1. The van der Waals surface area contributed by atoms with Crippen LogP contribution in [0.15, 0.2) is 60.8 Å². The van der Waals surface area contributed by atoms with Crippen LogP contribution in [0.2, 0.25) is 0 Å². The van der Waals surface area contributed by atoms with E-state index in [1.54, 1.807) is 29.3 Å². The number of aromatic nitrogens is 2. The molecule has 1 unspecified atom stereocenters. The smallest absolute Gasteiger partial charge is 0.271 e. The number of hydrogen-bond acceptors (Lipinski definition) is 3. The second-order valence-electron chi connectivity index (χ2n) is 8.12. The number of amides is 2. The Hall–Kier alpha value is -3.48. The van der Waals surface area contributed by atoms with Gasteiger partial charge in [-0.3, -0.25) is 14.7 Å². The summed E-state index contributed by atoms with van der Waals surface area (Å²) in [6.45, 7) is 4.09. The Morgan fingerprint density at radius 2 is 1.91 bits per heavy atom. The van der Waals surface area contributed by atoms with Crippen LogP contribution in [0.3, 0.4) is 0 Å². The highest BCUT2D eigenvalue weighted by molar-refractivity contribution is 5.93. The lowest BCUT2D eigenvalue weighted by Crippen LogP contribution is -2.38. The van der Waals surface area contributed by atoms with Gasteiger partial charge < -0.3 is 9.80 Å². The van der Waals surface area contributed by atoms with Crippen molar-refractivity contribution in [1.29, 1.82) is 0 Å². The van der Waals surface area contributed by atoms with E-state index >= 15 is 0 Å². The molecule has 166 valence electrons. The quantitative estimate of drug-likeness (QED) is 0.642. The van der Waals surface area contributed by atoms with E-state index in [9.17, 15) is 14.0 Å². The largest absolute Gasteiger partial charge is 0.341 e. The maximum absolute atomic E-state index is 14.1. The third-order valence-corrected chi connectivity index (χ3v) is 5.87. The van der Waals surface area contributed by atoms with Crippen molar-refractivity contribution in [1.82, 2.24) is 20.0 Å². The number of hydrogen-bond donors (Lipinski definition) is 1. The lowest BCUT2D eigenvalue weighted by atomic mass is 9.95. The Morgan fingerprint density at radius 3 is 2.59 bits per heavy atom. The monoisotopic (exact) mass is 434 g/mol. The maximum atomic E-state index is 14.1. The number of benzene rings is 2. The van der Waals surface area contributed by atoms with Gasteiger partial charge in [-0.2, -0.15) is 5.10 Å². The fraction of sp³-hybridized carbons (Fsp3) is 0.320. The van der Waals surface area contributed by atoms with Crippen molar-refractivity contribution in [2.75, 3.05) is 26.2 Å². The number of nitrogens with one attached hydrogen (secondary N) is 1. The molecule has 1 aliphatic rings. The van der Waals surface area contributed by atoms with Gasteiger partial charge in [-0.05, 0) is 36.1 Å². The van der Waals surface area contributed by atoms with Gasteiger partial charge in [-0.25, -0.2) is 4.39 Å². The summed E-state index contributed by atoms with van der Waals surface area (Å²) >= 11 is 0. The van der Waals surface area contributed by atoms with E-state index in [1.807, 2.05) is 42.2 Å². The van der Waals surface area contributed by atoms with Gasteiger partial charge in [0.05, 0.1) is 5.92 Å². The van der Waals surface area contributed by atoms with Crippen molar-refractivity contribution >= 4 is 11.8 Å². The van der Waals surface area contributed by atoms with Crippen LogP contribution in [-0.4, -0.2) is 58.0 Å². The van der Waals surface area contributed by atoms with E-state index in [0.717, 1.165) is 17.5 Å². The van der Waals surface area contributed by atoms with Gasteiger partial charge in [0.25, 0.3) is 5.91 Å². The van der Waals surface area contributed by atoms with Crippen LogP contribution < -0.4 is 0 Å². The number of rotatable bonds is 6. The lowest BCUT2D eigenvalue weighted by molar-refractivity contribution is -0.134. The van der Waals surface area contributed by atoms with Crippen LogP contribution in [0.25, 0.3) is 11.1 Å². The van der Waals surface area contributed by atoms with Crippen LogP contribution in [-0.2, 0) is 11.2 Å². The molecule has 0 bridgehead atoms. The molecule has 1 saturated heterocycles. The molecule has 3 aromatic rings. The summed E-state index contributed by atoms with van der Waals surface area (Å²) < 4.78 is 14.1. The third-order valence-electron chi connectivity index (χ3n) is 5.87. The summed E-state index contributed by atoms with van der Waals surface area (Å²) in [6.07, 6.45) is 2.93. The van der Waals surface area contributed by atoms with E-state index in [-0.39, 0.29) is 23.5 Å². The molecule has 7 heteroatoms. The fourth-order valence-electron chi connectivity index (χ4n) is 4.22. The van der Waals surface area contributed by atoms with Crippen LogP contribution in [0, 0.1) is 11.7 Å². The van der Waals surface area contributed by atoms with Gasteiger partial charge in [0.2, 0.25) is 5.91 Å². The lowest BCUT2D eigenvalue weighted by Gasteiger charge is -2.23. The molecule has 1 aromatic heterocycles. The summed E-state index contributed by atoms with van der Waals surface area (Å²) in [4.78, 5) is 29.7. The predicted octanol–water partition coefficient (Wildman–Crippen LogP) is 3.77. The number of carbonyl (C=O) groups excluding carboxylic acids is 2. The first-order chi connectivity index (χ1) is 15.6. The maximum Gasteiger partial charge on any atom is 0.271 e. The molecule has 1 aliphatic heterocycles. The van der Waals surface area contributed by atoms with Crippen LogP contribution >= 0.6 is 0 Å². The molecule has 1 N–H and O–H groups in total. The Kier molecular flexibility index (Phi) is 6.63. The molecule has 2 heterocycles. The fourth-order valence-corrected chi connectivity index (χ4v) is 4.22. The van der Waals surface area contributed by atoms with E-state index in [1.165, 1.54) is 6.07 Å². The van der Waals surface area contributed by atoms with Crippen molar-refractivity contribution < 1.29 is 14.0 Å². The van der Waals surface area contributed by atoms with Crippen LogP contribution in [0.5, 0.6) is 0 Å². The van der Waals surface area contributed by atoms with Crippen molar-refractivity contribution in [3.8, 4) is 11.1 Å². The molecular weight excluding hydrogens is 407 g/mol. The highest BCUT2D eigenvalue weighted by Crippen LogP contribution is 2.24. The summed E-state index contributed by atoms with van der Waals surface area (Å²) in [6, 6.07) is 16.0. The van der Waals surface area contributed by atoms with E-state index < -0.39 is 0 Å². The minimum atomic E-state index is -0.338. The second-order valence-corrected chi connectivity index (χ2v) is 8.12. The van der Waals surface area contributed by atoms with Gasteiger partial charge >= 0.3 is 0 Å². The average Bonchev–Trinajstić information content (AvgIpc) is 3.30. The highest BCUT2D eigenvalue weighted by Gasteiger charge is 2.32. The zero-order valence-electron chi connectivity index (χ0n) is 18.1. The minimum Gasteiger partial charge on any atom is -0.341 e. The van der Waals surface area contributed by atoms with Crippen molar-refractivity contribution in [2.24, 2.45) is 5.92 Å². The molecule has 0 radical (unpaired) electrons. The zero-order chi connectivity index (χ0) is 22.5. The molecular formula is C25H27FN4O2. The Labute approximate surface area is 187 Å². The third kappa shape index (κ3) is 4.72. The van der Waals surface area contributed by atoms with E-state index in [0.29, 0.717) is 43.9 Å². The first-order valence-electron chi connectivity index (χ1n) is 11.0. The summed E-state index contributed by atoms with van der Waals surface area (Å²) in [5.41, 5.74) is 2.75. The Balaban J connectivity index is 1.54.